The highest BCUT2D eigenvalue weighted by Gasteiger charge is 2.46. The van der Waals surface area contributed by atoms with E-state index in [0.717, 1.165) is 55.7 Å². The molecule has 2 heterocycles. The highest BCUT2D eigenvalue weighted by atomic mass is 16.3. The smallest absolute Gasteiger partial charge is 0.143 e. The molecular formula is C44H31NO2. The lowest BCUT2D eigenvalue weighted by Crippen LogP contribution is -2.21. The molecule has 2 bridgehead atoms. The molecule has 2 aromatic heterocycles. The molecule has 3 aliphatic carbocycles. The first-order valence-electron chi connectivity index (χ1n) is 16.3. The van der Waals surface area contributed by atoms with Gasteiger partial charge in [-0.05, 0) is 59.2 Å². The van der Waals surface area contributed by atoms with E-state index in [4.69, 9.17) is 8.83 Å². The number of allylic oxidation sites excluding steroid dienone is 7. The molecule has 0 radical (unpaired) electrons. The van der Waals surface area contributed by atoms with Crippen LogP contribution in [0.4, 0.5) is 17.1 Å². The average Bonchev–Trinajstić information content (AvgIpc) is 3.62. The Labute approximate surface area is 273 Å². The summed E-state index contributed by atoms with van der Waals surface area (Å²) in [6, 6.07) is 40.8. The van der Waals surface area contributed by atoms with Crippen molar-refractivity contribution < 1.29 is 8.83 Å². The Morgan fingerprint density at radius 1 is 0.617 bits per heavy atom. The van der Waals surface area contributed by atoms with E-state index >= 15 is 0 Å². The molecule has 1 unspecified atom stereocenters. The molecule has 3 nitrogen and oxygen atoms in total. The van der Waals surface area contributed by atoms with Crippen molar-refractivity contribution in [1.82, 2.24) is 0 Å². The van der Waals surface area contributed by atoms with Crippen molar-refractivity contribution in [3.8, 4) is 0 Å². The van der Waals surface area contributed by atoms with Gasteiger partial charge in [-0.2, -0.15) is 0 Å². The Balaban J connectivity index is 1.29. The third-order valence-electron chi connectivity index (χ3n) is 10.3. The maximum absolute atomic E-state index is 6.93. The molecule has 0 fully saturated rings. The molecule has 0 saturated carbocycles. The van der Waals surface area contributed by atoms with Gasteiger partial charge in [-0.15, -0.1) is 0 Å². The lowest BCUT2D eigenvalue weighted by atomic mass is 9.75. The molecule has 3 heteroatoms. The quantitative estimate of drug-likeness (QED) is 0.201. The monoisotopic (exact) mass is 605 g/mol. The van der Waals surface area contributed by atoms with E-state index in [0.29, 0.717) is 0 Å². The fourth-order valence-electron chi connectivity index (χ4n) is 8.28. The molecule has 5 aromatic carbocycles. The number of benzene rings is 5. The first-order chi connectivity index (χ1) is 23.1. The molecular weight excluding hydrogens is 574 g/mol. The van der Waals surface area contributed by atoms with Crippen LogP contribution in [0.2, 0.25) is 0 Å². The first-order valence-corrected chi connectivity index (χ1v) is 16.3. The van der Waals surface area contributed by atoms with E-state index in [1.165, 1.54) is 33.4 Å². The molecule has 224 valence electrons. The Kier molecular flexibility index (Phi) is 5.40. The Morgan fingerprint density at radius 3 is 2.21 bits per heavy atom. The third-order valence-corrected chi connectivity index (χ3v) is 10.3. The Morgan fingerprint density at radius 2 is 1.36 bits per heavy atom. The zero-order valence-electron chi connectivity index (χ0n) is 26.2. The van der Waals surface area contributed by atoms with Gasteiger partial charge in [-0.25, -0.2) is 0 Å². The highest BCUT2D eigenvalue weighted by molar-refractivity contribution is 6.08. The van der Waals surface area contributed by atoms with Crippen molar-refractivity contribution in [2.75, 3.05) is 4.90 Å². The van der Waals surface area contributed by atoms with E-state index in [2.05, 4.69) is 152 Å². The molecule has 0 saturated heterocycles. The second-order valence-electron chi connectivity index (χ2n) is 13.3. The minimum Gasteiger partial charge on any atom is -0.456 e. The van der Waals surface area contributed by atoms with Gasteiger partial charge in [-0.1, -0.05) is 111 Å². The standard InChI is InChI=1S/C44H31NO2/c1-44(2)34-19-12-20-35(45(29-15-4-3-5-16-29)30-23-24-32-31-17-8-10-21-36(31)46-38(32)26-30)40(34)41-42(44)28-14-7-6-13-27(25-28)39-33-18-9-11-22-37(33)47-43(39)41/h3-26,28H,1-2H3. The number of para-hydroxylation sites is 3. The summed E-state index contributed by atoms with van der Waals surface area (Å²) in [6.07, 6.45) is 11.4. The van der Waals surface area contributed by atoms with Crippen LogP contribution >= 0.6 is 0 Å². The zero-order valence-corrected chi connectivity index (χ0v) is 26.2. The van der Waals surface area contributed by atoms with E-state index in [-0.39, 0.29) is 11.3 Å². The first kappa shape index (κ1) is 26.4. The number of hydrogen-bond donors (Lipinski definition) is 0. The van der Waals surface area contributed by atoms with E-state index in [1.807, 2.05) is 12.1 Å². The van der Waals surface area contributed by atoms with Gasteiger partial charge < -0.3 is 13.7 Å². The van der Waals surface area contributed by atoms with Gasteiger partial charge in [0.25, 0.3) is 0 Å². The molecule has 1 atom stereocenters. The van der Waals surface area contributed by atoms with Gasteiger partial charge >= 0.3 is 0 Å². The van der Waals surface area contributed by atoms with E-state index in [9.17, 15) is 0 Å². The minimum atomic E-state index is -0.243. The van der Waals surface area contributed by atoms with E-state index in [1.54, 1.807) is 0 Å². The molecule has 47 heavy (non-hydrogen) atoms. The van der Waals surface area contributed by atoms with Crippen LogP contribution in [-0.2, 0) is 5.41 Å². The normalized spacial score (nSPS) is 17.4. The molecule has 0 spiro atoms. The zero-order chi connectivity index (χ0) is 31.3. The van der Waals surface area contributed by atoms with Crippen molar-refractivity contribution in [3.05, 3.63) is 174 Å². The van der Waals surface area contributed by atoms with Crippen molar-refractivity contribution in [1.29, 1.82) is 0 Å². The van der Waals surface area contributed by atoms with Crippen LogP contribution < -0.4 is 4.90 Å². The second-order valence-corrected chi connectivity index (χ2v) is 13.3. The average molecular weight is 606 g/mol. The lowest BCUT2D eigenvalue weighted by molar-refractivity contribution is 0.585. The molecule has 7 aromatic rings. The van der Waals surface area contributed by atoms with Crippen LogP contribution in [0.15, 0.2) is 160 Å². The van der Waals surface area contributed by atoms with Crippen LogP contribution in [0.25, 0.3) is 44.1 Å². The fourth-order valence-corrected chi connectivity index (χ4v) is 8.28. The maximum Gasteiger partial charge on any atom is 0.143 e. The predicted octanol–water partition coefficient (Wildman–Crippen LogP) is 12.0. The van der Waals surface area contributed by atoms with Crippen LogP contribution in [-0.4, -0.2) is 0 Å². The molecule has 0 N–H and O–H groups in total. The summed E-state index contributed by atoms with van der Waals surface area (Å²) in [6.45, 7) is 4.75. The van der Waals surface area contributed by atoms with Gasteiger partial charge in [0.15, 0.2) is 0 Å². The molecule has 0 aliphatic heterocycles. The SMILES string of the molecule is CC1(C)C2=C(c3oc4ccccc4c3C3=CC2C=CC=C3)c2c(N(c3ccccc3)c3ccc4c(c3)oc3ccccc34)cccc21. The summed E-state index contributed by atoms with van der Waals surface area (Å²) >= 11 is 0. The summed E-state index contributed by atoms with van der Waals surface area (Å²) in [5, 5.41) is 3.39. The summed E-state index contributed by atoms with van der Waals surface area (Å²) in [7, 11) is 0. The van der Waals surface area contributed by atoms with Crippen LogP contribution in [0.5, 0.6) is 0 Å². The van der Waals surface area contributed by atoms with Crippen LogP contribution in [0.3, 0.4) is 0 Å². The van der Waals surface area contributed by atoms with Crippen LogP contribution in [0, 0.1) is 5.92 Å². The maximum atomic E-state index is 6.93. The molecule has 3 aliphatic rings. The van der Waals surface area contributed by atoms with Crippen molar-refractivity contribution in [3.63, 3.8) is 0 Å². The number of anilines is 3. The van der Waals surface area contributed by atoms with Gasteiger partial charge in [0.05, 0.1) is 5.69 Å². The summed E-state index contributed by atoms with van der Waals surface area (Å²) in [4.78, 5) is 2.38. The fraction of sp³-hybridized carbons (Fsp3) is 0.0909. The largest absolute Gasteiger partial charge is 0.456 e. The van der Waals surface area contributed by atoms with E-state index < -0.39 is 0 Å². The van der Waals surface area contributed by atoms with Gasteiger partial charge in [-0.3, -0.25) is 0 Å². The van der Waals surface area contributed by atoms with Gasteiger partial charge in [0.1, 0.15) is 22.5 Å². The van der Waals surface area contributed by atoms with Gasteiger partial charge in [0, 0.05) is 61.6 Å². The number of hydrogen-bond acceptors (Lipinski definition) is 3. The molecule has 0 amide bonds. The van der Waals surface area contributed by atoms with Crippen LogP contribution in [0.1, 0.15) is 36.3 Å². The van der Waals surface area contributed by atoms with Gasteiger partial charge in [0.2, 0.25) is 0 Å². The van der Waals surface area contributed by atoms with Crippen molar-refractivity contribution in [2.24, 2.45) is 5.92 Å². The summed E-state index contributed by atoms with van der Waals surface area (Å²) in [5.74, 6) is 1.08. The Hall–Kier alpha value is -5.80. The second kappa shape index (κ2) is 9.60. The molecule has 10 rings (SSSR count). The topological polar surface area (TPSA) is 29.5 Å². The lowest BCUT2D eigenvalue weighted by Gasteiger charge is -2.30. The third kappa shape index (κ3) is 3.68. The van der Waals surface area contributed by atoms with Crippen molar-refractivity contribution >= 4 is 61.1 Å². The number of rotatable bonds is 3. The Bertz CT molecular complexity index is 2550. The van der Waals surface area contributed by atoms with Crippen molar-refractivity contribution in [2.45, 2.75) is 19.3 Å². The summed E-state index contributed by atoms with van der Waals surface area (Å²) in [5.41, 5.74) is 13.2. The number of furan rings is 2. The summed E-state index contributed by atoms with van der Waals surface area (Å²) < 4.78 is 13.3. The highest BCUT2D eigenvalue weighted by Crippen LogP contribution is 2.59. The number of nitrogens with zero attached hydrogens (tertiary/aromatic N) is 1. The number of fused-ring (bicyclic) bond motifs is 12. The predicted molar refractivity (Wildman–Crippen MR) is 193 cm³/mol. The minimum absolute atomic E-state index is 0.128.